The summed E-state index contributed by atoms with van der Waals surface area (Å²) in [5.41, 5.74) is 4.54. The molecular formula is C26H27BrN2O2S. The first kappa shape index (κ1) is 23.8. The van der Waals surface area contributed by atoms with E-state index in [0.29, 0.717) is 6.61 Å². The third-order valence-corrected chi connectivity index (χ3v) is 5.89. The van der Waals surface area contributed by atoms with E-state index >= 15 is 0 Å². The molecule has 0 spiro atoms. The molecule has 0 aliphatic heterocycles. The van der Waals surface area contributed by atoms with Crippen LogP contribution in [0.15, 0.2) is 89.2 Å². The van der Waals surface area contributed by atoms with Gasteiger partial charge >= 0.3 is 0 Å². The molecule has 4 rings (SSSR count). The molecule has 0 fully saturated rings. The molecule has 0 bridgehead atoms. The van der Waals surface area contributed by atoms with Crippen molar-refractivity contribution in [1.82, 2.24) is 4.57 Å². The van der Waals surface area contributed by atoms with Gasteiger partial charge in [-0.15, -0.1) is 28.3 Å². The molecule has 0 N–H and O–H groups in total. The minimum Gasteiger partial charge on any atom is -0.497 e. The average molecular weight is 511 g/mol. The molecule has 4 aromatic rings. The smallest absolute Gasteiger partial charge is 0.190 e. The van der Waals surface area contributed by atoms with Crippen molar-refractivity contribution in [1.29, 1.82) is 0 Å². The first-order valence-corrected chi connectivity index (χ1v) is 11.3. The lowest BCUT2D eigenvalue weighted by Gasteiger charge is -2.10. The number of hydrogen-bond acceptors (Lipinski definition) is 4. The fourth-order valence-corrected chi connectivity index (χ4v) is 4.36. The van der Waals surface area contributed by atoms with Crippen LogP contribution in [0.3, 0.4) is 0 Å². The van der Waals surface area contributed by atoms with Gasteiger partial charge in [0, 0.05) is 11.9 Å². The predicted octanol–water partition coefficient (Wildman–Crippen LogP) is 6.68. The largest absolute Gasteiger partial charge is 0.497 e. The Bertz CT molecular complexity index is 1170. The summed E-state index contributed by atoms with van der Waals surface area (Å²) in [6.45, 7) is 3.50. The molecule has 0 atom stereocenters. The molecule has 1 heterocycles. The number of thiazole rings is 1. The maximum Gasteiger partial charge on any atom is 0.190 e. The van der Waals surface area contributed by atoms with Crippen LogP contribution < -0.4 is 14.3 Å². The topological polar surface area (TPSA) is 35.8 Å². The summed E-state index contributed by atoms with van der Waals surface area (Å²) in [6.07, 6.45) is 0.942. The van der Waals surface area contributed by atoms with Gasteiger partial charge in [0.1, 0.15) is 11.5 Å². The number of halogens is 1. The summed E-state index contributed by atoms with van der Waals surface area (Å²) >= 11 is 1.66. The number of aryl methyl sites for hydroxylation is 1. The normalized spacial score (nSPS) is 11.1. The number of hydrogen-bond donors (Lipinski definition) is 0. The third-order valence-electron chi connectivity index (χ3n) is 5.02. The molecule has 0 unspecified atom stereocenters. The van der Waals surface area contributed by atoms with Crippen molar-refractivity contribution < 1.29 is 9.47 Å². The van der Waals surface area contributed by atoms with E-state index in [0.717, 1.165) is 46.2 Å². The average Bonchev–Trinajstić information content (AvgIpc) is 3.22. The van der Waals surface area contributed by atoms with Gasteiger partial charge in [0.15, 0.2) is 4.80 Å². The fourth-order valence-electron chi connectivity index (χ4n) is 3.41. The number of nitrogens with zero attached hydrogens (tertiary/aromatic N) is 2. The quantitative estimate of drug-likeness (QED) is 0.265. The van der Waals surface area contributed by atoms with Crippen molar-refractivity contribution in [3.05, 3.63) is 94.6 Å². The van der Waals surface area contributed by atoms with Crippen molar-refractivity contribution >= 4 is 34.0 Å². The van der Waals surface area contributed by atoms with Crippen molar-refractivity contribution in [3.8, 4) is 22.8 Å². The highest BCUT2D eigenvalue weighted by Gasteiger charge is 2.09. The molecule has 0 radical (unpaired) electrons. The number of methoxy groups -OCH3 is 1. The van der Waals surface area contributed by atoms with Crippen LogP contribution in [-0.4, -0.2) is 18.3 Å². The fraction of sp³-hybridized carbons (Fsp3) is 0.192. The number of ether oxygens (including phenoxy) is 2. The highest BCUT2D eigenvalue weighted by Crippen LogP contribution is 2.24. The lowest BCUT2D eigenvalue weighted by molar-refractivity contribution is 0.340. The Balaban J connectivity index is 0.00000289. The van der Waals surface area contributed by atoms with Crippen LogP contribution in [0, 0.1) is 0 Å². The first-order chi connectivity index (χ1) is 15.3. The lowest BCUT2D eigenvalue weighted by Crippen LogP contribution is -2.17. The summed E-state index contributed by atoms with van der Waals surface area (Å²) in [7, 11) is 1.69. The van der Waals surface area contributed by atoms with Crippen LogP contribution >= 0.6 is 28.3 Å². The highest BCUT2D eigenvalue weighted by molar-refractivity contribution is 8.93. The minimum absolute atomic E-state index is 0. The van der Waals surface area contributed by atoms with Gasteiger partial charge in [-0.25, -0.2) is 4.99 Å². The van der Waals surface area contributed by atoms with E-state index in [-0.39, 0.29) is 17.0 Å². The number of aromatic nitrogens is 1. The Morgan fingerprint density at radius 3 is 2.22 bits per heavy atom. The van der Waals surface area contributed by atoms with Crippen molar-refractivity contribution in [2.75, 3.05) is 13.7 Å². The van der Waals surface area contributed by atoms with Gasteiger partial charge in [0.05, 0.1) is 25.1 Å². The van der Waals surface area contributed by atoms with E-state index in [1.807, 2.05) is 43.3 Å². The van der Waals surface area contributed by atoms with Gasteiger partial charge in [-0.05, 0) is 73.0 Å². The Hall–Kier alpha value is -2.83. The molecule has 1 aromatic heterocycles. The minimum atomic E-state index is 0. The maximum atomic E-state index is 5.55. The number of rotatable bonds is 8. The van der Waals surface area contributed by atoms with E-state index in [1.165, 1.54) is 5.56 Å². The van der Waals surface area contributed by atoms with Gasteiger partial charge in [-0.3, -0.25) is 0 Å². The molecule has 3 aromatic carbocycles. The van der Waals surface area contributed by atoms with Crippen LogP contribution in [0.25, 0.3) is 11.3 Å². The van der Waals surface area contributed by atoms with E-state index in [9.17, 15) is 0 Å². The second-order valence-electron chi connectivity index (χ2n) is 7.06. The van der Waals surface area contributed by atoms with E-state index in [1.54, 1.807) is 18.4 Å². The van der Waals surface area contributed by atoms with Gasteiger partial charge in [0.2, 0.25) is 0 Å². The SMILES string of the molecule is Br.CCOc1ccc(N=c2scc(-c3ccc(OC)cc3)n2CCc2ccccc2)cc1. The van der Waals surface area contributed by atoms with Gasteiger partial charge in [-0.1, -0.05) is 30.3 Å². The Morgan fingerprint density at radius 2 is 1.56 bits per heavy atom. The molecule has 0 saturated carbocycles. The van der Waals surface area contributed by atoms with Crippen molar-refractivity contribution in [3.63, 3.8) is 0 Å². The second-order valence-corrected chi connectivity index (χ2v) is 7.89. The molecule has 6 heteroatoms. The van der Waals surface area contributed by atoms with Crippen LogP contribution in [0.4, 0.5) is 5.69 Å². The summed E-state index contributed by atoms with van der Waals surface area (Å²) in [5.74, 6) is 1.72. The molecular weight excluding hydrogens is 484 g/mol. The monoisotopic (exact) mass is 510 g/mol. The zero-order valence-electron chi connectivity index (χ0n) is 18.2. The molecule has 0 aliphatic rings. The summed E-state index contributed by atoms with van der Waals surface area (Å²) in [6, 6.07) is 26.7. The van der Waals surface area contributed by atoms with Crippen LogP contribution in [0.5, 0.6) is 11.5 Å². The molecule has 4 nitrogen and oxygen atoms in total. The number of benzene rings is 3. The van der Waals surface area contributed by atoms with Crippen LogP contribution in [0.1, 0.15) is 12.5 Å². The summed E-state index contributed by atoms with van der Waals surface area (Å²) < 4.78 is 13.2. The highest BCUT2D eigenvalue weighted by atomic mass is 79.9. The molecule has 0 saturated heterocycles. The molecule has 0 aliphatic carbocycles. The van der Waals surface area contributed by atoms with Gasteiger partial charge in [0.25, 0.3) is 0 Å². The van der Waals surface area contributed by atoms with Crippen molar-refractivity contribution in [2.45, 2.75) is 19.9 Å². The van der Waals surface area contributed by atoms with E-state index in [4.69, 9.17) is 14.5 Å². The van der Waals surface area contributed by atoms with Crippen LogP contribution in [-0.2, 0) is 13.0 Å². The summed E-state index contributed by atoms with van der Waals surface area (Å²) in [5, 5.41) is 2.18. The van der Waals surface area contributed by atoms with Gasteiger partial charge in [-0.2, -0.15) is 0 Å². The second kappa shape index (κ2) is 11.7. The first-order valence-electron chi connectivity index (χ1n) is 10.4. The molecule has 166 valence electrons. The zero-order valence-corrected chi connectivity index (χ0v) is 20.8. The predicted molar refractivity (Wildman–Crippen MR) is 138 cm³/mol. The zero-order chi connectivity index (χ0) is 21.5. The summed E-state index contributed by atoms with van der Waals surface area (Å²) in [4.78, 5) is 5.91. The molecule has 0 amide bonds. The standard InChI is InChI=1S/C26H26N2O2S.BrH/c1-3-30-24-15-11-22(12-16-24)27-26-28(18-17-20-7-5-4-6-8-20)25(19-31-26)21-9-13-23(29-2)14-10-21;/h4-16,19H,3,17-18H2,1-2H3;1H. The van der Waals surface area contributed by atoms with Crippen LogP contribution in [0.2, 0.25) is 0 Å². The maximum absolute atomic E-state index is 5.55. The van der Waals surface area contributed by atoms with E-state index in [2.05, 4.69) is 52.4 Å². The Morgan fingerprint density at radius 1 is 0.875 bits per heavy atom. The van der Waals surface area contributed by atoms with Gasteiger partial charge < -0.3 is 14.0 Å². The Kier molecular flexibility index (Phi) is 8.71. The Labute approximate surface area is 203 Å². The molecule has 32 heavy (non-hydrogen) atoms. The van der Waals surface area contributed by atoms with E-state index < -0.39 is 0 Å². The lowest BCUT2D eigenvalue weighted by atomic mass is 10.1. The van der Waals surface area contributed by atoms with Crippen molar-refractivity contribution in [2.24, 2.45) is 4.99 Å². The third kappa shape index (κ3) is 5.90.